The maximum atomic E-state index is 13.3. The molecule has 2 heterocycles. The van der Waals surface area contributed by atoms with Crippen molar-refractivity contribution in [1.82, 2.24) is 18.0 Å². The first kappa shape index (κ1) is 20.9. The molecule has 2 aromatic carbocycles. The van der Waals surface area contributed by atoms with Crippen molar-refractivity contribution in [3.05, 3.63) is 48.0 Å². The molecule has 8 nitrogen and oxygen atoms in total. The van der Waals surface area contributed by atoms with Gasteiger partial charge in [0.05, 0.1) is 11.7 Å². The van der Waals surface area contributed by atoms with Gasteiger partial charge in [0.25, 0.3) is 0 Å². The molecule has 0 atom stereocenters. The predicted octanol–water partition coefficient (Wildman–Crippen LogP) is 2.55. The monoisotopic (exact) mass is 445 g/mol. The summed E-state index contributed by atoms with van der Waals surface area (Å²) < 4.78 is 36.4. The van der Waals surface area contributed by atoms with Crippen molar-refractivity contribution in [2.45, 2.75) is 24.8 Å². The number of amides is 1. The molecular formula is C20H23N5O3S2. The van der Waals surface area contributed by atoms with Gasteiger partial charge in [-0.05, 0) is 42.8 Å². The number of nitrogens with one attached hydrogen (secondary N) is 1. The highest BCUT2D eigenvalue weighted by Gasteiger charge is 2.29. The van der Waals surface area contributed by atoms with E-state index < -0.39 is 10.0 Å². The fourth-order valence-electron chi connectivity index (χ4n) is 3.63. The second-order valence-electron chi connectivity index (χ2n) is 7.30. The van der Waals surface area contributed by atoms with E-state index in [4.69, 9.17) is 0 Å². The van der Waals surface area contributed by atoms with Crippen LogP contribution in [0.1, 0.15) is 18.9 Å². The Balaban J connectivity index is 1.44. The molecule has 158 valence electrons. The first-order valence-electron chi connectivity index (χ1n) is 9.74. The standard InChI is InChI=1S/C20H23N5O3S2/c1-15(26)21-17-8-6-16(7-9-17)14-24-10-3-11-25(13-12-24)30(27,28)19-5-2-4-18-20(19)23-29-22-18/h2,4-9H,3,10-14H2,1H3,(H,21,26). The summed E-state index contributed by atoms with van der Waals surface area (Å²) in [5.74, 6) is -0.0966. The zero-order valence-corrected chi connectivity index (χ0v) is 18.2. The van der Waals surface area contributed by atoms with Crippen molar-refractivity contribution in [2.24, 2.45) is 0 Å². The van der Waals surface area contributed by atoms with E-state index in [0.717, 1.165) is 42.5 Å². The highest BCUT2D eigenvalue weighted by molar-refractivity contribution is 7.89. The average Bonchev–Trinajstić information content (AvgIpc) is 3.07. The third kappa shape index (κ3) is 4.51. The number of hydrogen-bond donors (Lipinski definition) is 1. The molecule has 4 rings (SSSR count). The number of hydrogen-bond acceptors (Lipinski definition) is 7. The maximum Gasteiger partial charge on any atom is 0.245 e. The number of anilines is 1. The third-order valence-electron chi connectivity index (χ3n) is 5.09. The highest BCUT2D eigenvalue weighted by Crippen LogP contribution is 2.25. The molecule has 30 heavy (non-hydrogen) atoms. The van der Waals surface area contributed by atoms with Crippen LogP contribution in [0.25, 0.3) is 11.0 Å². The largest absolute Gasteiger partial charge is 0.326 e. The first-order valence-corrected chi connectivity index (χ1v) is 11.9. The van der Waals surface area contributed by atoms with Crippen LogP contribution in [0.3, 0.4) is 0 Å². The molecule has 1 aliphatic heterocycles. The molecule has 0 saturated carbocycles. The quantitative estimate of drug-likeness (QED) is 0.648. The van der Waals surface area contributed by atoms with Gasteiger partial charge in [0.15, 0.2) is 0 Å². The van der Waals surface area contributed by atoms with E-state index in [1.54, 1.807) is 22.5 Å². The lowest BCUT2D eigenvalue weighted by molar-refractivity contribution is -0.114. The van der Waals surface area contributed by atoms with E-state index in [9.17, 15) is 13.2 Å². The topological polar surface area (TPSA) is 95.5 Å². The molecule has 0 unspecified atom stereocenters. The fraction of sp³-hybridized carbons (Fsp3) is 0.350. The summed E-state index contributed by atoms with van der Waals surface area (Å²) in [7, 11) is -3.62. The van der Waals surface area contributed by atoms with Crippen molar-refractivity contribution in [2.75, 3.05) is 31.5 Å². The van der Waals surface area contributed by atoms with Gasteiger partial charge in [-0.3, -0.25) is 9.69 Å². The molecule has 0 radical (unpaired) electrons. The Morgan fingerprint density at radius 1 is 1.07 bits per heavy atom. The van der Waals surface area contributed by atoms with Crippen LogP contribution in [0.5, 0.6) is 0 Å². The third-order valence-corrected chi connectivity index (χ3v) is 7.57. The van der Waals surface area contributed by atoms with Crippen molar-refractivity contribution in [3.8, 4) is 0 Å². The van der Waals surface area contributed by atoms with Crippen LogP contribution in [0, 0.1) is 0 Å². The number of carbonyl (C=O) groups excluding carboxylic acids is 1. The lowest BCUT2D eigenvalue weighted by Gasteiger charge is -2.22. The average molecular weight is 446 g/mol. The molecular weight excluding hydrogens is 422 g/mol. The molecule has 1 aliphatic rings. The fourth-order valence-corrected chi connectivity index (χ4v) is 5.85. The Hall–Kier alpha value is -2.40. The number of rotatable bonds is 5. The Morgan fingerprint density at radius 2 is 1.87 bits per heavy atom. The van der Waals surface area contributed by atoms with E-state index >= 15 is 0 Å². The first-order chi connectivity index (χ1) is 14.4. The number of sulfonamides is 1. The predicted molar refractivity (Wildman–Crippen MR) is 117 cm³/mol. The van der Waals surface area contributed by atoms with Gasteiger partial charge in [-0.2, -0.15) is 13.1 Å². The smallest absolute Gasteiger partial charge is 0.245 e. The minimum atomic E-state index is -3.62. The van der Waals surface area contributed by atoms with Crippen LogP contribution in [-0.2, 0) is 21.4 Å². The van der Waals surface area contributed by atoms with E-state index in [1.165, 1.54) is 6.92 Å². The number of aromatic nitrogens is 2. The second kappa shape index (κ2) is 8.76. The minimum Gasteiger partial charge on any atom is -0.326 e. The Labute approximate surface area is 179 Å². The van der Waals surface area contributed by atoms with Crippen LogP contribution in [0.4, 0.5) is 5.69 Å². The molecule has 1 fully saturated rings. The number of fused-ring (bicyclic) bond motifs is 1. The van der Waals surface area contributed by atoms with E-state index in [-0.39, 0.29) is 10.8 Å². The summed E-state index contributed by atoms with van der Waals surface area (Å²) in [5.41, 5.74) is 2.95. The van der Waals surface area contributed by atoms with Crippen molar-refractivity contribution >= 4 is 44.4 Å². The van der Waals surface area contributed by atoms with Gasteiger partial charge in [0, 0.05) is 38.8 Å². The van der Waals surface area contributed by atoms with Gasteiger partial charge in [0.1, 0.15) is 15.9 Å². The molecule has 1 aromatic heterocycles. The maximum absolute atomic E-state index is 13.3. The minimum absolute atomic E-state index is 0.0966. The molecule has 1 N–H and O–H groups in total. The lowest BCUT2D eigenvalue weighted by atomic mass is 10.2. The molecule has 10 heteroatoms. The lowest BCUT2D eigenvalue weighted by Crippen LogP contribution is -2.35. The van der Waals surface area contributed by atoms with Crippen molar-refractivity contribution in [1.29, 1.82) is 0 Å². The summed E-state index contributed by atoms with van der Waals surface area (Å²) in [6.07, 6.45) is 0.758. The van der Waals surface area contributed by atoms with Gasteiger partial charge < -0.3 is 5.32 Å². The molecule has 0 spiro atoms. The molecule has 0 bridgehead atoms. The number of benzene rings is 2. The van der Waals surface area contributed by atoms with Crippen LogP contribution >= 0.6 is 11.7 Å². The summed E-state index contributed by atoms with van der Waals surface area (Å²) in [6, 6.07) is 12.8. The van der Waals surface area contributed by atoms with Gasteiger partial charge in [-0.15, -0.1) is 0 Å². The van der Waals surface area contributed by atoms with Gasteiger partial charge in [-0.1, -0.05) is 18.2 Å². The molecule has 1 amide bonds. The summed E-state index contributed by atoms with van der Waals surface area (Å²) in [4.78, 5) is 13.6. The zero-order chi connectivity index (χ0) is 21.1. The van der Waals surface area contributed by atoms with E-state index in [1.807, 2.05) is 24.3 Å². The number of carbonyl (C=O) groups is 1. The molecule has 3 aromatic rings. The van der Waals surface area contributed by atoms with Crippen LogP contribution in [-0.4, -0.2) is 58.5 Å². The number of nitrogens with zero attached hydrogens (tertiary/aromatic N) is 4. The molecule has 0 aliphatic carbocycles. The SMILES string of the molecule is CC(=O)Nc1ccc(CN2CCCN(S(=O)(=O)c3cccc4nsnc34)CC2)cc1. The van der Waals surface area contributed by atoms with Gasteiger partial charge >= 0.3 is 0 Å². The van der Waals surface area contributed by atoms with Gasteiger partial charge in [0.2, 0.25) is 15.9 Å². The van der Waals surface area contributed by atoms with Crippen LogP contribution in [0.15, 0.2) is 47.4 Å². The Morgan fingerprint density at radius 3 is 2.63 bits per heavy atom. The van der Waals surface area contributed by atoms with Crippen molar-refractivity contribution < 1.29 is 13.2 Å². The summed E-state index contributed by atoms with van der Waals surface area (Å²) >= 11 is 1.03. The van der Waals surface area contributed by atoms with Crippen molar-refractivity contribution in [3.63, 3.8) is 0 Å². The Bertz CT molecular complexity index is 1140. The van der Waals surface area contributed by atoms with E-state index in [2.05, 4.69) is 19.0 Å². The van der Waals surface area contributed by atoms with Crippen LogP contribution < -0.4 is 5.32 Å². The summed E-state index contributed by atoms with van der Waals surface area (Å²) in [6.45, 7) is 4.60. The highest BCUT2D eigenvalue weighted by atomic mass is 32.2. The van der Waals surface area contributed by atoms with Crippen LogP contribution in [0.2, 0.25) is 0 Å². The normalized spacial score (nSPS) is 16.4. The molecule has 1 saturated heterocycles. The summed E-state index contributed by atoms with van der Waals surface area (Å²) in [5, 5.41) is 2.76. The van der Waals surface area contributed by atoms with E-state index in [0.29, 0.717) is 30.7 Å². The second-order valence-corrected chi connectivity index (χ2v) is 9.73. The Kier molecular flexibility index (Phi) is 6.09. The van der Waals surface area contributed by atoms with Gasteiger partial charge in [-0.25, -0.2) is 8.42 Å². The zero-order valence-electron chi connectivity index (χ0n) is 16.6.